The van der Waals surface area contributed by atoms with Gasteiger partial charge in [0, 0.05) is 6.04 Å². The first-order valence-electron chi connectivity index (χ1n) is 4.13. The van der Waals surface area contributed by atoms with E-state index in [0.29, 0.717) is 12.0 Å². The molecule has 3 N–H and O–H groups in total. The molecule has 0 aliphatic heterocycles. The number of hydrogen-bond acceptors (Lipinski definition) is 2. The second kappa shape index (κ2) is 5.69. The summed E-state index contributed by atoms with van der Waals surface area (Å²) in [5.74, 6) is 0.708. The third-order valence-electron chi connectivity index (χ3n) is 1.52. The quantitative estimate of drug-likeness (QED) is 0.603. The van der Waals surface area contributed by atoms with Crippen LogP contribution in [0.15, 0.2) is 0 Å². The van der Waals surface area contributed by atoms with E-state index in [1.165, 1.54) is 0 Å². The average molecular weight is 144 g/mol. The molecule has 2 nitrogen and oxygen atoms in total. The van der Waals surface area contributed by atoms with Crippen molar-refractivity contribution in [2.45, 2.75) is 33.2 Å². The molecular weight excluding hydrogens is 124 g/mol. The van der Waals surface area contributed by atoms with Gasteiger partial charge in [0.15, 0.2) is 0 Å². The summed E-state index contributed by atoms with van der Waals surface area (Å²) in [5.41, 5.74) is 5.64. The van der Waals surface area contributed by atoms with E-state index in [9.17, 15) is 0 Å². The summed E-state index contributed by atoms with van der Waals surface area (Å²) in [6, 6.07) is 0.341. The smallest absolute Gasteiger partial charge is 0.00134 e. The Balaban J connectivity index is 3.16. The Hall–Kier alpha value is -0.0800. The van der Waals surface area contributed by atoms with Crippen LogP contribution in [-0.4, -0.2) is 19.1 Å². The van der Waals surface area contributed by atoms with Crippen molar-refractivity contribution in [2.24, 2.45) is 11.7 Å². The number of rotatable bonds is 5. The van der Waals surface area contributed by atoms with E-state index >= 15 is 0 Å². The fourth-order valence-corrected chi connectivity index (χ4v) is 1.11. The molecule has 0 amide bonds. The SMILES string of the molecule is CCNCC(C)CC(C)N. The molecule has 0 saturated carbocycles. The number of nitrogens with one attached hydrogen (secondary N) is 1. The van der Waals surface area contributed by atoms with E-state index < -0.39 is 0 Å². The first-order chi connectivity index (χ1) is 4.66. The molecule has 2 heteroatoms. The largest absolute Gasteiger partial charge is 0.328 e. The summed E-state index contributed by atoms with van der Waals surface area (Å²) >= 11 is 0. The highest BCUT2D eigenvalue weighted by atomic mass is 14.8. The van der Waals surface area contributed by atoms with E-state index in [1.54, 1.807) is 0 Å². The normalized spacial score (nSPS) is 16.8. The number of hydrogen-bond donors (Lipinski definition) is 2. The molecule has 0 spiro atoms. The van der Waals surface area contributed by atoms with E-state index in [1.807, 2.05) is 0 Å². The van der Waals surface area contributed by atoms with Crippen LogP contribution >= 0.6 is 0 Å². The lowest BCUT2D eigenvalue weighted by Gasteiger charge is -2.13. The van der Waals surface area contributed by atoms with Crippen molar-refractivity contribution in [3.63, 3.8) is 0 Å². The van der Waals surface area contributed by atoms with Gasteiger partial charge in [0.2, 0.25) is 0 Å². The van der Waals surface area contributed by atoms with Crippen LogP contribution in [0.4, 0.5) is 0 Å². The predicted octanol–water partition coefficient (Wildman–Crippen LogP) is 0.969. The van der Waals surface area contributed by atoms with Crippen LogP contribution in [-0.2, 0) is 0 Å². The Morgan fingerprint density at radius 2 is 2.00 bits per heavy atom. The molecule has 2 unspecified atom stereocenters. The lowest BCUT2D eigenvalue weighted by atomic mass is 10.0. The Labute approximate surface area is 64.2 Å². The molecule has 0 rings (SSSR count). The molecule has 62 valence electrons. The van der Waals surface area contributed by atoms with Crippen LogP contribution in [0.5, 0.6) is 0 Å². The van der Waals surface area contributed by atoms with Gasteiger partial charge in [-0.25, -0.2) is 0 Å². The molecule has 0 radical (unpaired) electrons. The van der Waals surface area contributed by atoms with Gasteiger partial charge in [0.25, 0.3) is 0 Å². The minimum Gasteiger partial charge on any atom is -0.328 e. The highest BCUT2D eigenvalue weighted by Gasteiger charge is 2.02. The molecule has 0 aromatic rings. The molecule has 0 fully saturated rings. The van der Waals surface area contributed by atoms with Gasteiger partial charge in [-0.2, -0.15) is 0 Å². The molecule has 0 heterocycles. The predicted molar refractivity (Wildman–Crippen MR) is 46.0 cm³/mol. The highest BCUT2D eigenvalue weighted by Crippen LogP contribution is 2.01. The van der Waals surface area contributed by atoms with Gasteiger partial charge in [-0.15, -0.1) is 0 Å². The first-order valence-corrected chi connectivity index (χ1v) is 4.13. The minimum absolute atomic E-state index is 0.341. The molecule has 2 atom stereocenters. The van der Waals surface area contributed by atoms with Crippen LogP contribution in [0.2, 0.25) is 0 Å². The standard InChI is InChI=1S/C8H20N2/c1-4-10-6-7(2)5-8(3)9/h7-8,10H,4-6,9H2,1-3H3. The van der Waals surface area contributed by atoms with Crippen LogP contribution in [0.3, 0.4) is 0 Å². The molecule has 0 aliphatic rings. The van der Waals surface area contributed by atoms with Gasteiger partial charge in [0.05, 0.1) is 0 Å². The van der Waals surface area contributed by atoms with Crippen molar-refractivity contribution >= 4 is 0 Å². The Kier molecular flexibility index (Phi) is 5.64. The summed E-state index contributed by atoms with van der Waals surface area (Å²) in [6.07, 6.45) is 1.12. The lowest BCUT2D eigenvalue weighted by Crippen LogP contribution is -2.26. The van der Waals surface area contributed by atoms with Crippen molar-refractivity contribution in [3.05, 3.63) is 0 Å². The monoisotopic (exact) mass is 144 g/mol. The summed E-state index contributed by atoms with van der Waals surface area (Å²) < 4.78 is 0. The number of nitrogens with two attached hydrogens (primary N) is 1. The van der Waals surface area contributed by atoms with Crippen molar-refractivity contribution in [3.8, 4) is 0 Å². The summed E-state index contributed by atoms with van der Waals surface area (Å²) in [7, 11) is 0. The van der Waals surface area contributed by atoms with E-state index in [4.69, 9.17) is 5.73 Å². The highest BCUT2D eigenvalue weighted by molar-refractivity contribution is 4.62. The molecule has 0 saturated heterocycles. The van der Waals surface area contributed by atoms with Crippen molar-refractivity contribution in [1.29, 1.82) is 0 Å². The fraction of sp³-hybridized carbons (Fsp3) is 1.00. The zero-order valence-corrected chi connectivity index (χ0v) is 7.35. The second-order valence-corrected chi connectivity index (χ2v) is 3.13. The third kappa shape index (κ3) is 6.05. The zero-order valence-electron chi connectivity index (χ0n) is 7.35. The van der Waals surface area contributed by atoms with E-state index in [0.717, 1.165) is 19.5 Å². The average Bonchev–Trinajstić information content (AvgIpc) is 1.82. The fourth-order valence-electron chi connectivity index (χ4n) is 1.11. The summed E-state index contributed by atoms with van der Waals surface area (Å²) in [5, 5.41) is 3.30. The van der Waals surface area contributed by atoms with Crippen LogP contribution in [0.1, 0.15) is 27.2 Å². The van der Waals surface area contributed by atoms with Crippen molar-refractivity contribution in [1.82, 2.24) is 5.32 Å². The maximum absolute atomic E-state index is 5.64. The van der Waals surface area contributed by atoms with Crippen LogP contribution in [0.25, 0.3) is 0 Å². The molecule has 0 bridgehead atoms. The maximum atomic E-state index is 5.64. The molecule has 0 aromatic carbocycles. The minimum atomic E-state index is 0.341. The third-order valence-corrected chi connectivity index (χ3v) is 1.52. The lowest BCUT2D eigenvalue weighted by molar-refractivity contribution is 0.453. The van der Waals surface area contributed by atoms with E-state index in [-0.39, 0.29) is 0 Å². The summed E-state index contributed by atoms with van der Waals surface area (Å²) in [4.78, 5) is 0. The van der Waals surface area contributed by atoms with Gasteiger partial charge < -0.3 is 11.1 Å². The van der Waals surface area contributed by atoms with Gasteiger partial charge in [-0.3, -0.25) is 0 Å². The van der Waals surface area contributed by atoms with Crippen molar-refractivity contribution in [2.75, 3.05) is 13.1 Å². The zero-order chi connectivity index (χ0) is 7.98. The molecule has 0 aromatic heterocycles. The van der Waals surface area contributed by atoms with Gasteiger partial charge >= 0.3 is 0 Å². The molecular formula is C8H20N2. The second-order valence-electron chi connectivity index (χ2n) is 3.13. The maximum Gasteiger partial charge on any atom is 0.00134 e. The topological polar surface area (TPSA) is 38.0 Å². The molecule has 0 aliphatic carbocycles. The van der Waals surface area contributed by atoms with Gasteiger partial charge in [0.1, 0.15) is 0 Å². The van der Waals surface area contributed by atoms with Gasteiger partial charge in [-0.05, 0) is 32.4 Å². The Morgan fingerprint density at radius 1 is 1.40 bits per heavy atom. The Morgan fingerprint density at radius 3 is 2.40 bits per heavy atom. The van der Waals surface area contributed by atoms with Crippen LogP contribution in [0, 0.1) is 5.92 Å². The van der Waals surface area contributed by atoms with Crippen molar-refractivity contribution < 1.29 is 0 Å². The van der Waals surface area contributed by atoms with Gasteiger partial charge in [-0.1, -0.05) is 13.8 Å². The first kappa shape index (κ1) is 9.92. The Bertz CT molecular complexity index is 71.7. The molecule has 10 heavy (non-hydrogen) atoms. The summed E-state index contributed by atoms with van der Waals surface area (Å²) in [6.45, 7) is 8.56. The van der Waals surface area contributed by atoms with Crippen LogP contribution < -0.4 is 11.1 Å². The van der Waals surface area contributed by atoms with E-state index in [2.05, 4.69) is 26.1 Å².